The van der Waals surface area contributed by atoms with E-state index < -0.39 is 17.2 Å². The molecule has 0 atom stereocenters. The number of nitrogens with one attached hydrogen (secondary N) is 2. The molecule has 4 aromatic rings. The van der Waals surface area contributed by atoms with Gasteiger partial charge in [0, 0.05) is 28.8 Å². The predicted molar refractivity (Wildman–Crippen MR) is 127 cm³/mol. The van der Waals surface area contributed by atoms with Gasteiger partial charge >= 0.3 is 0 Å². The van der Waals surface area contributed by atoms with Crippen LogP contribution in [0.2, 0.25) is 0 Å². The van der Waals surface area contributed by atoms with Crippen LogP contribution >= 0.6 is 0 Å². The number of anilines is 3. The molecule has 0 aliphatic rings. The molecule has 10 nitrogen and oxygen atoms in total. The van der Waals surface area contributed by atoms with Gasteiger partial charge in [-0.3, -0.25) is 9.59 Å². The van der Waals surface area contributed by atoms with Crippen molar-refractivity contribution in [2.24, 2.45) is 0 Å². The minimum Gasteiger partial charge on any atom is -0.505 e. The number of carbonyl (C=O) groups is 1. The molecule has 1 amide bonds. The monoisotopic (exact) mass is 458 g/mol. The fraction of sp³-hybridized carbons (Fsp3) is 0.125. The first-order valence-electron chi connectivity index (χ1n) is 10.3. The average Bonchev–Trinajstić information content (AvgIpc) is 2.78. The molecule has 0 saturated heterocycles. The van der Waals surface area contributed by atoms with Gasteiger partial charge in [-0.15, -0.1) is 0 Å². The van der Waals surface area contributed by atoms with E-state index >= 15 is 0 Å². The number of ether oxygens (including phenoxy) is 1. The zero-order valence-electron chi connectivity index (χ0n) is 18.7. The first-order chi connectivity index (χ1) is 16.3. The molecule has 0 aliphatic heterocycles. The van der Waals surface area contributed by atoms with Crippen LogP contribution in [0.25, 0.3) is 5.69 Å². The van der Waals surface area contributed by atoms with Crippen molar-refractivity contribution in [3.05, 3.63) is 88.1 Å². The molecule has 0 bridgehead atoms. The van der Waals surface area contributed by atoms with E-state index in [1.165, 1.54) is 7.11 Å². The van der Waals surface area contributed by atoms with Crippen LogP contribution in [0.5, 0.6) is 11.5 Å². The summed E-state index contributed by atoms with van der Waals surface area (Å²) < 4.78 is 6.28. The van der Waals surface area contributed by atoms with Gasteiger partial charge in [0.1, 0.15) is 11.4 Å². The third-order valence-corrected chi connectivity index (χ3v) is 4.80. The molecule has 3 N–H and O–H groups in total. The molecule has 10 heteroatoms. The summed E-state index contributed by atoms with van der Waals surface area (Å²) in [6, 6.07) is 16.4. The Labute approximate surface area is 194 Å². The average molecular weight is 458 g/mol. The molecule has 0 radical (unpaired) electrons. The first-order valence-corrected chi connectivity index (χ1v) is 10.3. The van der Waals surface area contributed by atoms with Gasteiger partial charge in [-0.1, -0.05) is 18.2 Å². The van der Waals surface area contributed by atoms with E-state index in [-0.39, 0.29) is 5.69 Å². The molecule has 0 saturated carbocycles. The van der Waals surface area contributed by atoms with Crippen molar-refractivity contribution in [1.82, 2.24) is 19.7 Å². The van der Waals surface area contributed by atoms with Gasteiger partial charge in [0.25, 0.3) is 11.5 Å². The fourth-order valence-corrected chi connectivity index (χ4v) is 3.36. The number of rotatable bonds is 6. The van der Waals surface area contributed by atoms with Crippen LogP contribution in [0.1, 0.15) is 21.9 Å². The number of hydrogen-bond acceptors (Lipinski definition) is 8. The zero-order valence-corrected chi connectivity index (χ0v) is 18.7. The van der Waals surface area contributed by atoms with Crippen LogP contribution in [-0.4, -0.2) is 37.9 Å². The van der Waals surface area contributed by atoms with Gasteiger partial charge in [-0.05, 0) is 50.2 Å². The molecule has 2 aromatic heterocycles. The van der Waals surface area contributed by atoms with Crippen LogP contribution in [0, 0.1) is 13.8 Å². The highest BCUT2D eigenvalue weighted by molar-refractivity contribution is 6.04. The summed E-state index contributed by atoms with van der Waals surface area (Å²) in [6.07, 6.45) is 0. The van der Waals surface area contributed by atoms with Crippen LogP contribution < -0.4 is 20.9 Å². The fourth-order valence-electron chi connectivity index (χ4n) is 3.36. The Morgan fingerprint density at radius 3 is 2.41 bits per heavy atom. The number of methoxy groups -OCH3 is 1. The molecule has 4 rings (SSSR count). The molecule has 2 heterocycles. The molecule has 0 spiro atoms. The Bertz CT molecular complexity index is 1410. The van der Waals surface area contributed by atoms with Crippen molar-refractivity contribution in [3.8, 4) is 17.2 Å². The number of aromatic hydroxyl groups is 1. The van der Waals surface area contributed by atoms with Crippen LogP contribution in [-0.2, 0) is 0 Å². The molecular weight excluding hydrogens is 436 g/mol. The molecule has 0 fully saturated rings. The molecule has 34 heavy (non-hydrogen) atoms. The highest BCUT2D eigenvalue weighted by atomic mass is 16.5. The third kappa shape index (κ3) is 4.85. The van der Waals surface area contributed by atoms with E-state index in [2.05, 4.69) is 25.7 Å². The van der Waals surface area contributed by atoms with E-state index in [0.29, 0.717) is 28.8 Å². The number of amides is 1. The Morgan fingerprint density at radius 1 is 0.971 bits per heavy atom. The van der Waals surface area contributed by atoms with Gasteiger partial charge in [-0.2, -0.15) is 9.78 Å². The van der Waals surface area contributed by atoms with Crippen molar-refractivity contribution in [3.63, 3.8) is 0 Å². The topological polar surface area (TPSA) is 131 Å². The lowest BCUT2D eigenvalue weighted by Crippen LogP contribution is -2.25. The third-order valence-electron chi connectivity index (χ3n) is 4.80. The Kier molecular flexibility index (Phi) is 6.22. The van der Waals surface area contributed by atoms with Gasteiger partial charge in [0.05, 0.1) is 7.11 Å². The number of carbonyl (C=O) groups excluding carboxylic acids is 1. The summed E-state index contributed by atoms with van der Waals surface area (Å²) in [5.74, 6) is -0.404. The molecule has 0 unspecified atom stereocenters. The van der Waals surface area contributed by atoms with Crippen molar-refractivity contribution < 1.29 is 14.6 Å². The molecule has 172 valence electrons. The Balaban J connectivity index is 1.61. The summed E-state index contributed by atoms with van der Waals surface area (Å²) >= 11 is 0. The van der Waals surface area contributed by atoms with E-state index in [1.807, 2.05) is 19.9 Å². The van der Waals surface area contributed by atoms with E-state index in [0.717, 1.165) is 22.1 Å². The highest BCUT2D eigenvalue weighted by Crippen LogP contribution is 2.23. The lowest BCUT2D eigenvalue weighted by Gasteiger charge is -2.12. The second kappa shape index (κ2) is 9.41. The minimum atomic E-state index is -0.694. The number of benzene rings is 2. The van der Waals surface area contributed by atoms with Crippen molar-refractivity contribution in [1.29, 1.82) is 0 Å². The van der Waals surface area contributed by atoms with Gasteiger partial charge in [-0.25, -0.2) is 9.97 Å². The summed E-state index contributed by atoms with van der Waals surface area (Å²) in [6.45, 7) is 3.75. The first kappa shape index (κ1) is 22.5. The second-order valence-electron chi connectivity index (χ2n) is 7.43. The normalized spacial score (nSPS) is 10.6. The van der Waals surface area contributed by atoms with Gasteiger partial charge in [0.15, 0.2) is 11.4 Å². The minimum absolute atomic E-state index is 0.318. The summed E-state index contributed by atoms with van der Waals surface area (Å²) in [5, 5.41) is 20.1. The summed E-state index contributed by atoms with van der Waals surface area (Å²) in [5.41, 5.74) is 2.15. The summed E-state index contributed by atoms with van der Waals surface area (Å²) in [4.78, 5) is 34.0. The smallest absolute Gasteiger partial charge is 0.279 e. The van der Waals surface area contributed by atoms with Crippen LogP contribution in [0.15, 0.2) is 65.5 Å². The Hall–Kier alpha value is -4.73. The Morgan fingerprint density at radius 2 is 1.68 bits per heavy atom. The highest BCUT2D eigenvalue weighted by Gasteiger charge is 2.18. The second-order valence-corrected chi connectivity index (χ2v) is 7.43. The van der Waals surface area contributed by atoms with E-state index in [4.69, 9.17) is 4.74 Å². The summed E-state index contributed by atoms with van der Waals surface area (Å²) in [7, 11) is 1.46. The number of nitrogens with zero attached hydrogens (tertiary/aromatic N) is 4. The van der Waals surface area contributed by atoms with Crippen LogP contribution in [0.3, 0.4) is 0 Å². The maximum Gasteiger partial charge on any atom is 0.279 e. The van der Waals surface area contributed by atoms with Crippen molar-refractivity contribution >= 4 is 23.2 Å². The van der Waals surface area contributed by atoms with Crippen LogP contribution in [0.4, 0.5) is 17.3 Å². The van der Waals surface area contributed by atoms with Crippen molar-refractivity contribution in [2.45, 2.75) is 13.8 Å². The van der Waals surface area contributed by atoms with Gasteiger partial charge < -0.3 is 20.5 Å². The van der Waals surface area contributed by atoms with Crippen molar-refractivity contribution in [2.75, 3.05) is 17.7 Å². The lowest BCUT2D eigenvalue weighted by atomic mass is 10.2. The zero-order chi connectivity index (χ0) is 24.2. The standard InChI is InChI=1S/C24H22N6O4/c1-14-11-15(2)26-24(25-14)28-17-8-6-7-16(12-17)27-23(33)22-19(31)13-21(32)30(29-22)18-9-4-5-10-20(18)34-3/h4-13,31H,1-3H3,(H,27,33)(H,25,26,28). The van der Waals surface area contributed by atoms with E-state index in [9.17, 15) is 14.7 Å². The number of hydrogen-bond donors (Lipinski definition) is 3. The molecule has 0 aliphatic carbocycles. The lowest BCUT2D eigenvalue weighted by molar-refractivity contribution is 0.101. The van der Waals surface area contributed by atoms with Gasteiger partial charge in [0.2, 0.25) is 5.95 Å². The number of aromatic nitrogens is 4. The van der Waals surface area contributed by atoms with E-state index in [1.54, 1.807) is 48.5 Å². The molecular formula is C24H22N6O4. The largest absolute Gasteiger partial charge is 0.505 e. The number of para-hydroxylation sites is 2. The SMILES string of the molecule is COc1ccccc1-n1nc(C(=O)Nc2cccc(Nc3nc(C)cc(C)n3)c2)c(O)cc1=O. The predicted octanol–water partition coefficient (Wildman–Crippen LogP) is 3.35. The molecule has 2 aromatic carbocycles. The maximum absolute atomic E-state index is 12.9. The maximum atomic E-state index is 12.9. The number of aryl methyl sites for hydroxylation is 2. The quantitative estimate of drug-likeness (QED) is 0.401.